The molecule has 18 heavy (non-hydrogen) atoms. The lowest BCUT2D eigenvalue weighted by atomic mass is 10.1. The fourth-order valence-corrected chi connectivity index (χ4v) is 1.84. The zero-order valence-corrected chi connectivity index (χ0v) is 10.4. The van der Waals surface area contributed by atoms with Gasteiger partial charge in [0.2, 0.25) is 0 Å². The van der Waals surface area contributed by atoms with Crippen LogP contribution in [0.25, 0.3) is 10.9 Å². The van der Waals surface area contributed by atoms with Crippen molar-refractivity contribution >= 4 is 16.9 Å². The number of pyridine rings is 1. The van der Waals surface area contributed by atoms with Gasteiger partial charge in [0.15, 0.2) is 0 Å². The van der Waals surface area contributed by atoms with Gasteiger partial charge in [-0.25, -0.2) is 0 Å². The van der Waals surface area contributed by atoms with Gasteiger partial charge in [-0.05, 0) is 38.1 Å². The highest BCUT2D eigenvalue weighted by atomic mass is 16.5. The molecular formula is C14H15NO3. The number of fused-ring (bicyclic) bond motifs is 1. The molecule has 4 nitrogen and oxygen atoms in total. The van der Waals surface area contributed by atoms with Crippen LogP contribution in [0.2, 0.25) is 0 Å². The predicted molar refractivity (Wildman–Crippen MR) is 68.7 cm³/mol. The summed E-state index contributed by atoms with van der Waals surface area (Å²) in [7, 11) is 0. The Kier molecular flexibility index (Phi) is 3.19. The summed E-state index contributed by atoms with van der Waals surface area (Å²) >= 11 is 0. The molecule has 0 aliphatic carbocycles. The van der Waals surface area contributed by atoms with Crippen molar-refractivity contribution in [2.24, 2.45) is 0 Å². The van der Waals surface area contributed by atoms with Crippen LogP contribution in [0.4, 0.5) is 0 Å². The lowest BCUT2D eigenvalue weighted by Gasteiger charge is -2.24. The first kappa shape index (κ1) is 12.4. The van der Waals surface area contributed by atoms with E-state index in [9.17, 15) is 4.79 Å². The Morgan fingerprint density at radius 2 is 2.17 bits per heavy atom. The molecule has 0 radical (unpaired) electrons. The van der Waals surface area contributed by atoms with Crippen LogP contribution in [0.1, 0.15) is 20.3 Å². The maximum absolute atomic E-state index is 10.7. The van der Waals surface area contributed by atoms with Crippen LogP contribution in [0.15, 0.2) is 36.5 Å². The van der Waals surface area contributed by atoms with Gasteiger partial charge in [-0.3, -0.25) is 9.78 Å². The molecule has 1 aromatic carbocycles. The number of aromatic nitrogens is 1. The Morgan fingerprint density at radius 3 is 2.89 bits per heavy atom. The molecule has 1 heterocycles. The molecule has 0 aliphatic rings. The predicted octanol–water partition coefficient (Wildman–Crippen LogP) is 2.87. The molecular weight excluding hydrogens is 230 g/mol. The molecule has 94 valence electrons. The normalized spacial score (nSPS) is 11.4. The summed E-state index contributed by atoms with van der Waals surface area (Å²) in [6.07, 6.45) is 1.69. The highest BCUT2D eigenvalue weighted by Gasteiger charge is 2.23. The first-order valence-electron chi connectivity index (χ1n) is 5.72. The molecule has 0 bridgehead atoms. The van der Waals surface area contributed by atoms with E-state index >= 15 is 0 Å². The fraction of sp³-hybridized carbons (Fsp3) is 0.286. The minimum absolute atomic E-state index is 0.0436. The van der Waals surface area contributed by atoms with Gasteiger partial charge in [-0.2, -0.15) is 0 Å². The largest absolute Gasteiger partial charge is 0.487 e. The van der Waals surface area contributed by atoms with E-state index in [1.807, 2.05) is 24.3 Å². The van der Waals surface area contributed by atoms with Gasteiger partial charge in [0, 0.05) is 11.6 Å². The third-order valence-electron chi connectivity index (χ3n) is 2.55. The van der Waals surface area contributed by atoms with Gasteiger partial charge in [-0.1, -0.05) is 6.07 Å². The van der Waals surface area contributed by atoms with Gasteiger partial charge in [0.1, 0.15) is 11.4 Å². The number of hydrogen-bond donors (Lipinski definition) is 1. The third kappa shape index (κ3) is 2.97. The Balaban J connectivity index is 2.24. The maximum Gasteiger partial charge on any atom is 0.307 e. The molecule has 0 fully saturated rings. The zero-order valence-electron chi connectivity index (χ0n) is 10.4. The Morgan fingerprint density at radius 1 is 1.39 bits per heavy atom. The van der Waals surface area contributed by atoms with Gasteiger partial charge >= 0.3 is 5.97 Å². The molecule has 0 amide bonds. The molecule has 0 atom stereocenters. The molecule has 1 aromatic heterocycles. The maximum atomic E-state index is 10.7. The molecule has 0 aliphatic heterocycles. The Hall–Kier alpha value is -2.10. The van der Waals surface area contributed by atoms with Crippen molar-refractivity contribution in [3.05, 3.63) is 36.5 Å². The second-order valence-corrected chi connectivity index (χ2v) is 4.79. The number of benzene rings is 1. The van der Waals surface area contributed by atoms with Crippen molar-refractivity contribution < 1.29 is 14.6 Å². The van der Waals surface area contributed by atoms with Crippen LogP contribution < -0.4 is 4.74 Å². The smallest absolute Gasteiger partial charge is 0.307 e. The number of nitrogens with zero attached hydrogens (tertiary/aromatic N) is 1. The molecule has 2 rings (SSSR count). The van der Waals surface area contributed by atoms with Gasteiger partial charge in [0.25, 0.3) is 0 Å². The minimum atomic E-state index is -0.873. The number of rotatable bonds is 4. The number of hydrogen-bond acceptors (Lipinski definition) is 3. The number of aliphatic carboxylic acids is 1. The van der Waals surface area contributed by atoms with Gasteiger partial charge in [-0.15, -0.1) is 0 Å². The molecule has 0 saturated heterocycles. The standard InChI is InChI=1S/C14H15NO3/c1-14(2,9-13(16)17)18-11-5-6-12-10(8-11)4-3-7-15-12/h3-8H,9H2,1-2H3,(H,16,17). The highest BCUT2D eigenvalue weighted by molar-refractivity contribution is 5.79. The molecule has 2 aromatic rings. The van der Waals surface area contributed by atoms with Crippen LogP contribution in [-0.4, -0.2) is 21.7 Å². The van der Waals surface area contributed by atoms with Crippen LogP contribution in [-0.2, 0) is 4.79 Å². The van der Waals surface area contributed by atoms with E-state index in [4.69, 9.17) is 9.84 Å². The van der Waals surface area contributed by atoms with Crippen molar-refractivity contribution in [3.8, 4) is 5.75 Å². The first-order valence-corrected chi connectivity index (χ1v) is 5.72. The summed E-state index contributed by atoms with van der Waals surface area (Å²) in [4.78, 5) is 14.9. The lowest BCUT2D eigenvalue weighted by molar-refractivity contribution is -0.140. The fourth-order valence-electron chi connectivity index (χ4n) is 1.84. The molecule has 0 unspecified atom stereocenters. The van der Waals surface area contributed by atoms with Crippen molar-refractivity contribution in [2.45, 2.75) is 25.9 Å². The highest BCUT2D eigenvalue weighted by Crippen LogP contribution is 2.24. The summed E-state index contributed by atoms with van der Waals surface area (Å²) in [5, 5.41) is 9.78. The van der Waals surface area contributed by atoms with Crippen molar-refractivity contribution in [2.75, 3.05) is 0 Å². The number of carboxylic acid groups (broad SMARTS) is 1. The third-order valence-corrected chi connectivity index (χ3v) is 2.55. The Bertz CT molecular complexity index is 578. The van der Waals surface area contributed by atoms with E-state index in [1.165, 1.54) is 0 Å². The monoisotopic (exact) mass is 245 g/mol. The van der Waals surface area contributed by atoms with E-state index in [1.54, 1.807) is 26.1 Å². The number of carbonyl (C=O) groups is 1. The number of carboxylic acids is 1. The van der Waals surface area contributed by atoms with Gasteiger partial charge in [0.05, 0.1) is 11.9 Å². The summed E-state index contributed by atoms with van der Waals surface area (Å²) in [6.45, 7) is 3.52. The van der Waals surface area contributed by atoms with Crippen LogP contribution >= 0.6 is 0 Å². The van der Waals surface area contributed by atoms with Crippen molar-refractivity contribution in [1.82, 2.24) is 4.98 Å². The molecule has 4 heteroatoms. The zero-order chi connectivity index (χ0) is 13.2. The lowest BCUT2D eigenvalue weighted by Crippen LogP contribution is -2.31. The van der Waals surface area contributed by atoms with E-state index < -0.39 is 11.6 Å². The quantitative estimate of drug-likeness (QED) is 0.899. The van der Waals surface area contributed by atoms with Crippen LogP contribution in [0.5, 0.6) is 5.75 Å². The van der Waals surface area contributed by atoms with Crippen LogP contribution in [0.3, 0.4) is 0 Å². The molecule has 0 spiro atoms. The summed E-state index contributed by atoms with van der Waals surface area (Å²) in [5.41, 5.74) is 0.155. The average Bonchev–Trinajstić information content (AvgIpc) is 2.26. The van der Waals surface area contributed by atoms with E-state index in [-0.39, 0.29) is 6.42 Å². The van der Waals surface area contributed by atoms with Crippen molar-refractivity contribution in [3.63, 3.8) is 0 Å². The minimum Gasteiger partial charge on any atom is -0.487 e. The summed E-state index contributed by atoms with van der Waals surface area (Å²) in [5.74, 6) is -0.218. The van der Waals surface area contributed by atoms with E-state index in [2.05, 4.69) is 4.98 Å². The van der Waals surface area contributed by atoms with Gasteiger partial charge < -0.3 is 9.84 Å². The van der Waals surface area contributed by atoms with E-state index in [0.717, 1.165) is 10.9 Å². The van der Waals surface area contributed by atoms with Crippen LogP contribution in [0, 0.1) is 0 Å². The second kappa shape index (κ2) is 4.64. The first-order chi connectivity index (χ1) is 8.46. The van der Waals surface area contributed by atoms with Crippen molar-refractivity contribution in [1.29, 1.82) is 0 Å². The topological polar surface area (TPSA) is 59.4 Å². The summed E-state index contributed by atoms with van der Waals surface area (Å²) < 4.78 is 5.71. The second-order valence-electron chi connectivity index (χ2n) is 4.79. The Labute approximate surface area is 105 Å². The average molecular weight is 245 g/mol. The molecule has 0 saturated carbocycles. The molecule has 1 N–H and O–H groups in total. The number of ether oxygens (including phenoxy) is 1. The summed E-state index contributed by atoms with van der Waals surface area (Å²) in [6, 6.07) is 9.33. The van der Waals surface area contributed by atoms with E-state index in [0.29, 0.717) is 5.75 Å². The SMILES string of the molecule is CC(C)(CC(=O)O)Oc1ccc2ncccc2c1.